The van der Waals surface area contributed by atoms with Crippen molar-refractivity contribution in [2.75, 3.05) is 32.8 Å². The van der Waals surface area contributed by atoms with Crippen LogP contribution < -0.4 is 4.72 Å². The Morgan fingerprint density at radius 1 is 1.20 bits per heavy atom. The molecular formula is C18H27FN2O3S. The molecule has 0 amide bonds. The number of hydrogen-bond donors (Lipinski definition) is 1. The third-order valence-electron chi connectivity index (χ3n) is 5.36. The van der Waals surface area contributed by atoms with Crippen molar-refractivity contribution < 1.29 is 17.5 Å². The molecule has 140 valence electrons. The molecule has 3 rings (SSSR count). The predicted octanol–water partition coefficient (Wildman–Crippen LogP) is 2.30. The molecule has 1 aromatic carbocycles. The lowest BCUT2D eigenvalue weighted by Crippen LogP contribution is -2.45. The van der Waals surface area contributed by atoms with Crippen molar-refractivity contribution in [3.63, 3.8) is 0 Å². The Morgan fingerprint density at radius 2 is 1.88 bits per heavy atom. The van der Waals surface area contributed by atoms with E-state index in [9.17, 15) is 12.8 Å². The van der Waals surface area contributed by atoms with E-state index in [4.69, 9.17) is 4.74 Å². The molecule has 7 heteroatoms. The molecular weight excluding hydrogens is 343 g/mol. The van der Waals surface area contributed by atoms with Gasteiger partial charge >= 0.3 is 0 Å². The Labute approximate surface area is 149 Å². The molecule has 2 fully saturated rings. The highest BCUT2D eigenvalue weighted by Crippen LogP contribution is 2.23. The summed E-state index contributed by atoms with van der Waals surface area (Å²) in [5.41, 5.74) is 0.340. The second-order valence-electron chi connectivity index (χ2n) is 7.09. The summed E-state index contributed by atoms with van der Waals surface area (Å²) in [5.74, 6) is -0.0353. The van der Waals surface area contributed by atoms with Gasteiger partial charge in [-0.15, -0.1) is 0 Å². The van der Waals surface area contributed by atoms with E-state index >= 15 is 0 Å². The molecule has 1 N–H and O–H groups in total. The predicted molar refractivity (Wildman–Crippen MR) is 94.5 cm³/mol. The zero-order chi connectivity index (χ0) is 17.9. The smallest absolute Gasteiger partial charge is 0.240 e. The van der Waals surface area contributed by atoms with Crippen LogP contribution in [0.2, 0.25) is 0 Å². The fourth-order valence-electron chi connectivity index (χ4n) is 3.67. The van der Waals surface area contributed by atoms with Gasteiger partial charge in [0.2, 0.25) is 10.0 Å². The van der Waals surface area contributed by atoms with Crippen LogP contribution in [0.5, 0.6) is 0 Å². The van der Waals surface area contributed by atoms with Crippen LogP contribution in [0.25, 0.3) is 0 Å². The topological polar surface area (TPSA) is 58.6 Å². The highest BCUT2D eigenvalue weighted by atomic mass is 32.2. The number of piperidine rings is 1. The maximum absolute atomic E-state index is 13.3. The quantitative estimate of drug-likeness (QED) is 0.864. The summed E-state index contributed by atoms with van der Waals surface area (Å²) in [6.45, 7) is 5.75. The second kappa shape index (κ2) is 8.12. The van der Waals surface area contributed by atoms with Crippen molar-refractivity contribution in [3.05, 3.63) is 29.6 Å². The first-order valence-corrected chi connectivity index (χ1v) is 10.5. The summed E-state index contributed by atoms with van der Waals surface area (Å²) in [5, 5.41) is 0. The van der Waals surface area contributed by atoms with Gasteiger partial charge < -0.3 is 9.64 Å². The van der Waals surface area contributed by atoms with Gasteiger partial charge in [-0.05, 0) is 75.4 Å². The Kier molecular flexibility index (Phi) is 6.09. The molecule has 0 aromatic heterocycles. The number of benzene rings is 1. The van der Waals surface area contributed by atoms with Crippen LogP contribution in [0.15, 0.2) is 23.1 Å². The molecule has 0 aliphatic carbocycles. The van der Waals surface area contributed by atoms with Gasteiger partial charge in [-0.3, -0.25) is 0 Å². The van der Waals surface area contributed by atoms with Crippen LogP contribution in [0.3, 0.4) is 0 Å². The number of rotatable bonds is 5. The van der Waals surface area contributed by atoms with Gasteiger partial charge in [-0.1, -0.05) is 0 Å². The van der Waals surface area contributed by atoms with Gasteiger partial charge in [-0.25, -0.2) is 17.5 Å². The van der Waals surface area contributed by atoms with Gasteiger partial charge in [0.25, 0.3) is 0 Å². The summed E-state index contributed by atoms with van der Waals surface area (Å²) < 4.78 is 46.2. The molecule has 0 bridgehead atoms. The van der Waals surface area contributed by atoms with Gasteiger partial charge in [-0.2, -0.15) is 0 Å². The first-order valence-electron chi connectivity index (χ1n) is 9.03. The van der Waals surface area contributed by atoms with Crippen LogP contribution in [0, 0.1) is 18.7 Å². The third-order valence-corrected chi connectivity index (χ3v) is 6.78. The molecule has 0 spiro atoms. The summed E-state index contributed by atoms with van der Waals surface area (Å²) in [6, 6.07) is 4.52. The zero-order valence-corrected chi connectivity index (χ0v) is 15.5. The van der Waals surface area contributed by atoms with Crippen LogP contribution in [-0.4, -0.2) is 52.2 Å². The number of likely N-dealkylation sites (tertiary alicyclic amines) is 1. The SMILES string of the molecule is Cc1cc(S(=O)(=O)NCC2CCN(C3CCOCC3)CC2)ccc1F. The highest BCUT2D eigenvalue weighted by Gasteiger charge is 2.27. The lowest BCUT2D eigenvalue weighted by Gasteiger charge is -2.39. The second-order valence-corrected chi connectivity index (χ2v) is 8.85. The van der Waals surface area contributed by atoms with Crippen molar-refractivity contribution in [1.29, 1.82) is 0 Å². The number of nitrogens with one attached hydrogen (secondary N) is 1. The Balaban J connectivity index is 1.49. The lowest BCUT2D eigenvalue weighted by molar-refractivity contribution is 0.0214. The summed E-state index contributed by atoms with van der Waals surface area (Å²) in [7, 11) is -3.58. The van der Waals surface area contributed by atoms with Gasteiger partial charge in [0.05, 0.1) is 4.90 Å². The minimum atomic E-state index is -3.58. The maximum atomic E-state index is 13.3. The first kappa shape index (κ1) is 18.8. The highest BCUT2D eigenvalue weighted by molar-refractivity contribution is 7.89. The Bertz CT molecular complexity index is 682. The average Bonchev–Trinajstić information content (AvgIpc) is 2.63. The third kappa shape index (κ3) is 4.78. The molecule has 2 aliphatic heterocycles. The van der Waals surface area contributed by atoms with Gasteiger partial charge in [0.1, 0.15) is 5.82 Å². The zero-order valence-electron chi connectivity index (χ0n) is 14.7. The average molecular weight is 370 g/mol. The van der Waals surface area contributed by atoms with Crippen LogP contribution in [0.1, 0.15) is 31.2 Å². The van der Waals surface area contributed by atoms with E-state index < -0.39 is 10.0 Å². The number of sulfonamides is 1. The standard InChI is InChI=1S/C18H27FN2O3S/c1-14-12-17(2-3-18(14)19)25(22,23)20-13-15-4-8-21(9-5-15)16-6-10-24-11-7-16/h2-3,12,15-16,20H,4-11,13H2,1H3. The van der Waals surface area contributed by atoms with E-state index in [1.54, 1.807) is 6.92 Å². The van der Waals surface area contributed by atoms with Crippen molar-refractivity contribution in [2.24, 2.45) is 5.92 Å². The van der Waals surface area contributed by atoms with Crippen molar-refractivity contribution >= 4 is 10.0 Å². The molecule has 2 saturated heterocycles. The number of aryl methyl sites for hydroxylation is 1. The van der Waals surface area contributed by atoms with E-state index in [-0.39, 0.29) is 10.7 Å². The van der Waals surface area contributed by atoms with Crippen LogP contribution in [0.4, 0.5) is 4.39 Å². The minimum absolute atomic E-state index is 0.131. The number of halogens is 1. The number of hydrogen-bond acceptors (Lipinski definition) is 4. The minimum Gasteiger partial charge on any atom is -0.381 e. The largest absolute Gasteiger partial charge is 0.381 e. The van der Waals surface area contributed by atoms with Crippen molar-refractivity contribution in [1.82, 2.24) is 9.62 Å². The van der Waals surface area contributed by atoms with E-state index in [1.807, 2.05) is 0 Å². The fourth-order valence-corrected chi connectivity index (χ4v) is 4.87. The molecule has 2 aliphatic rings. The molecule has 25 heavy (non-hydrogen) atoms. The molecule has 1 aromatic rings. The number of ether oxygens (including phenoxy) is 1. The Hall–Kier alpha value is -1.02. The van der Waals surface area contributed by atoms with E-state index in [1.165, 1.54) is 18.2 Å². The van der Waals surface area contributed by atoms with E-state index in [0.717, 1.165) is 52.0 Å². The van der Waals surface area contributed by atoms with E-state index in [2.05, 4.69) is 9.62 Å². The maximum Gasteiger partial charge on any atom is 0.240 e. The van der Waals surface area contributed by atoms with Crippen LogP contribution >= 0.6 is 0 Å². The van der Waals surface area contributed by atoms with Crippen molar-refractivity contribution in [2.45, 2.75) is 43.5 Å². The summed E-state index contributed by atoms with van der Waals surface area (Å²) >= 11 is 0. The molecule has 0 unspecified atom stereocenters. The van der Waals surface area contributed by atoms with E-state index in [0.29, 0.717) is 24.1 Å². The molecule has 0 saturated carbocycles. The molecule has 0 radical (unpaired) electrons. The van der Waals surface area contributed by atoms with Crippen molar-refractivity contribution in [3.8, 4) is 0 Å². The lowest BCUT2D eigenvalue weighted by atomic mass is 9.94. The number of nitrogens with zero attached hydrogens (tertiary/aromatic N) is 1. The fraction of sp³-hybridized carbons (Fsp3) is 0.667. The van der Waals surface area contributed by atoms with Gasteiger partial charge in [0.15, 0.2) is 0 Å². The first-order chi connectivity index (χ1) is 12.0. The van der Waals surface area contributed by atoms with Crippen LogP contribution in [-0.2, 0) is 14.8 Å². The molecule has 5 nitrogen and oxygen atoms in total. The summed E-state index contributed by atoms with van der Waals surface area (Å²) in [4.78, 5) is 2.66. The summed E-state index contributed by atoms with van der Waals surface area (Å²) in [6.07, 6.45) is 4.20. The monoisotopic (exact) mass is 370 g/mol. The molecule has 0 atom stereocenters. The molecule has 2 heterocycles. The normalized spacial score (nSPS) is 21.5. The van der Waals surface area contributed by atoms with Gasteiger partial charge in [0, 0.05) is 25.8 Å². The Morgan fingerprint density at radius 3 is 2.52 bits per heavy atom.